The fourth-order valence-corrected chi connectivity index (χ4v) is 7.83. The van der Waals surface area contributed by atoms with Gasteiger partial charge in [0, 0.05) is 22.0 Å². The zero-order chi connectivity index (χ0) is 22.4. The minimum absolute atomic E-state index is 0.806. The molecule has 158 valence electrons. The van der Waals surface area contributed by atoms with E-state index in [2.05, 4.69) is 116 Å². The molecular weight excluding hydrogens is 416 g/mol. The van der Waals surface area contributed by atoms with Crippen LogP contribution in [0.5, 0.6) is 0 Å². The van der Waals surface area contributed by atoms with E-state index in [1.54, 1.807) is 0 Å². The van der Waals surface area contributed by atoms with Crippen molar-refractivity contribution in [3.8, 4) is 44.9 Å². The summed E-state index contributed by atoms with van der Waals surface area (Å²) in [6, 6.07) is 38.4. The fourth-order valence-electron chi connectivity index (χ4n) is 4.92. The molecule has 0 radical (unpaired) electrons. The zero-order valence-electron chi connectivity index (χ0n) is 18.8. The van der Waals surface area contributed by atoms with Gasteiger partial charge < -0.3 is 0 Å². The molecular formula is C30H24N2Si. The van der Waals surface area contributed by atoms with Crippen LogP contribution in [0.1, 0.15) is 0 Å². The molecule has 4 aromatic carbocycles. The van der Waals surface area contributed by atoms with Crippen molar-refractivity contribution in [1.29, 1.82) is 0 Å². The summed E-state index contributed by atoms with van der Waals surface area (Å²) in [5.41, 5.74) is 8.16. The van der Waals surface area contributed by atoms with E-state index in [0.717, 1.165) is 22.6 Å². The van der Waals surface area contributed by atoms with E-state index in [0.29, 0.717) is 0 Å². The Hall–Kier alpha value is -3.82. The molecule has 1 aromatic heterocycles. The largest absolute Gasteiger partial charge is 0.237 e. The first-order chi connectivity index (χ1) is 16.1. The maximum Gasteiger partial charge on any atom is 0.159 e. The van der Waals surface area contributed by atoms with Crippen molar-refractivity contribution < 1.29 is 0 Å². The summed E-state index contributed by atoms with van der Waals surface area (Å²) < 4.78 is 0. The molecule has 1 aliphatic rings. The Morgan fingerprint density at radius 2 is 1.06 bits per heavy atom. The summed E-state index contributed by atoms with van der Waals surface area (Å²) >= 11 is 0. The highest BCUT2D eigenvalue weighted by molar-refractivity contribution is 7.03. The highest BCUT2D eigenvalue weighted by Gasteiger charge is 2.41. The van der Waals surface area contributed by atoms with Crippen molar-refractivity contribution in [2.75, 3.05) is 0 Å². The SMILES string of the molecule is C[Si]1(C)c2ccccc2-c2c(-c3ccccc3)nc(-c3ccc(-c4ccccc4)cc3)nc21. The minimum atomic E-state index is -1.92. The molecule has 6 rings (SSSR count). The van der Waals surface area contributed by atoms with Crippen LogP contribution >= 0.6 is 0 Å². The molecule has 0 N–H and O–H groups in total. The van der Waals surface area contributed by atoms with E-state index < -0.39 is 8.07 Å². The smallest absolute Gasteiger partial charge is 0.159 e. The molecule has 0 amide bonds. The second-order valence-electron chi connectivity index (χ2n) is 9.10. The monoisotopic (exact) mass is 440 g/mol. The molecule has 0 saturated heterocycles. The van der Waals surface area contributed by atoms with Gasteiger partial charge in [-0.2, -0.15) is 0 Å². The molecule has 2 nitrogen and oxygen atoms in total. The summed E-state index contributed by atoms with van der Waals surface area (Å²) in [5.74, 6) is 0.806. The van der Waals surface area contributed by atoms with Gasteiger partial charge >= 0.3 is 0 Å². The summed E-state index contributed by atoms with van der Waals surface area (Å²) in [6.07, 6.45) is 0. The Labute approximate surface area is 195 Å². The van der Waals surface area contributed by atoms with Crippen molar-refractivity contribution in [2.24, 2.45) is 0 Å². The van der Waals surface area contributed by atoms with Crippen molar-refractivity contribution >= 4 is 18.6 Å². The van der Waals surface area contributed by atoms with Crippen LogP contribution in [-0.4, -0.2) is 18.0 Å². The number of benzene rings is 4. The van der Waals surface area contributed by atoms with Gasteiger partial charge in [-0.25, -0.2) is 9.97 Å². The highest BCUT2D eigenvalue weighted by Crippen LogP contribution is 2.36. The summed E-state index contributed by atoms with van der Waals surface area (Å²) in [7, 11) is -1.92. The predicted molar refractivity (Wildman–Crippen MR) is 141 cm³/mol. The zero-order valence-corrected chi connectivity index (χ0v) is 19.8. The molecule has 0 spiro atoms. The Kier molecular flexibility index (Phi) is 4.59. The molecule has 5 aromatic rings. The van der Waals surface area contributed by atoms with Gasteiger partial charge in [-0.3, -0.25) is 0 Å². The first-order valence-corrected chi connectivity index (χ1v) is 14.4. The quantitative estimate of drug-likeness (QED) is 0.309. The lowest BCUT2D eigenvalue weighted by molar-refractivity contribution is 1.21. The first-order valence-electron chi connectivity index (χ1n) is 11.4. The third kappa shape index (κ3) is 3.24. The third-order valence-corrected chi connectivity index (χ3v) is 10.00. The number of rotatable bonds is 3. The molecule has 3 heteroatoms. The molecule has 0 saturated carbocycles. The molecule has 33 heavy (non-hydrogen) atoms. The second-order valence-corrected chi connectivity index (χ2v) is 13.4. The van der Waals surface area contributed by atoms with Crippen LogP contribution in [0.3, 0.4) is 0 Å². The maximum atomic E-state index is 5.23. The van der Waals surface area contributed by atoms with E-state index in [1.807, 2.05) is 6.07 Å². The van der Waals surface area contributed by atoms with Gasteiger partial charge in [0.1, 0.15) is 8.07 Å². The molecule has 0 unspecified atom stereocenters. The standard InChI is InChI=1S/C30H24N2Si/c1-33(2)26-16-10-9-15-25(26)27-28(23-13-7-4-8-14-23)31-29(32-30(27)33)24-19-17-22(18-20-24)21-11-5-3-6-12-21/h3-20H,1-2H3. The number of hydrogen-bond donors (Lipinski definition) is 0. The Bertz CT molecular complexity index is 1460. The lowest BCUT2D eigenvalue weighted by atomic mass is 10.00. The van der Waals surface area contributed by atoms with E-state index >= 15 is 0 Å². The van der Waals surface area contributed by atoms with Crippen LogP contribution < -0.4 is 10.5 Å². The molecule has 0 fully saturated rings. The van der Waals surface area contributed by atoms with Gasteiger partial charge in [-0.05, 0) is 21.9 Å². The maximum absolute atomic E-state index is 5.23. The van der Waals surface area contributed by atoms with Gasteiger partial charge in [0.15, 0.2) is 5.82 Å². The van der Waals surface area contributed by atoms with E-state index in [-0.39, 0.29) is 0 Å². The van der Waals surface area contributed by atoms with Crippen LogP contribution in [0, 0.1) is 0 Å². The average Bonchev–Trinajstić information content (AvgIpc) is 3.12. The van der Waals surface area contributed by atoms with Crippen LogP contribution in [0.15, 0.2) is 109 Å². The topological polar surface area (TPSA) is 25.8 Å². The number of hydrogen-bond acceptors (Lipinski definition) is 2. The van der Waals surface area contributed by atoms with Crippen molar-refractivity contribution in [1.82, 2.24) is 9.97 Å². The average molecular weight is 441 g/mol. The number of fused-ring (bicyclic) bond motifs is 3. The second kappa shape index (κ2) is 7.64. The van der Waals surface area contributed by atoms with Gasteiger partial charge in [0.05, 0.1) is 5.69 Å². The third-order valence-electron chi connectivity index (χ3n) is 6.67. The fraction of sp³-hybridized carbons (Fsp3) is 0.0667. The van der Waals surface area contributed by atoms with Crippen molar-refractivity contribution in [3.05, 3.63) is 109 Å². The van der Waals surface area contributed by atoms with Crippen LogP contribution in [-0.2, 0) is 0 Å². The lowest BCUT2D eigenvalue weighted by Crippen LogP contribution is -2.50. The summed E-state index contributed by atoms with van der Waals surface area (Å²) in [5, 5.41) is 2.68. The molecule has 1 aliphatic heterocycles. The molecule has 2 heterocycles. The normalized spacial score (nSPS) is 13.4. The van der Waals surface area contributed by atoms with Crippen molar-refractivity contribution in [3.63, 3.8) is 0 Å². The van der Waals surface area contributed by atoms with Crippen LogP contribution in [0.4, 0.5) is 0 Å². The van der Waals surface area contributed by atoms with E-state index in [9.17, 15) is 0 Å². The summed E-state index contributed by atoms with van der Waals surface area (Å²) in [6.45, 7) is 4.81. The Morgan fingerprint density at radius 3 is 1.76 bits per heavy atom. The van der Waals surface area contributed by atoms with Gasteiger partial charge in [0.25, 0.3) is 0 Å². The summed E-state index contributed by atoms with van der Waals surface area (Å²) in [4.78, 5) is 10.4. The Morgan fingerprint density at radius 1 is 0.515 bits per heavy atom. The predicted octanol–water partition coefficient (Wildman–Crippen LogP) is 6.28. The lowest BCUT2D eigenvalue weighted by Gasteiger charge is -2.19. The van der Waals surface area contributed by atoms with Crippen LogP contribution in [0.2, 0.25) is 13.1 Å². The molecule has 0 aliphatic carbocycles. The van der Waals surface area contributed by atoms with E-state index in [1.165, 1.54) is 32.8 Å². The highest BCUT2D eigenvalue weighted by atomic mass is 28.3. The minimum Gasteiger partial charge on any atom is -0.237 e. The first kappa shape index (κ1) is 19.8. The van der Waals surface area contributed by atoms with E-state index in [4.69, 9.17) is 9.97 Å². The molecule has 0 atom stereocenters. The van der Waals surface area contributed by atoms with Crippen molar-refractivity contribution in [2.45, 2.75) is 13.1 Å². The van der Waals surface area contributed by atoms with Crippen LogP contribution in [0.25, 0.3) is 44.9 Å². The van der Waals surface area contributed by atoms with Gasteiger partial charge in [0.2, 0.25) is 0 Å². The molecule has 0 bridgehead atoms. The Balaban J connectivity index is 1.55. The van der Waals surface area contributed by atoms with Gasteiger partial charge in [-0.15, -0.1) is 0 Å². The number of aromatic nitrogens is 2. The van der Waals surface area contributed by atoms with Gasteiger partial charge in [-0.1, -0.05) is 122 Å². The number of nitrogens with zero attached hydrogens (tertiary/aromatic N) is 2.